The molecule has 2 aromatic heterocycles. The molecule has 0 bridgehead atoms. The molecule has 0 unspecified atom stereocenters. The van der Waals surface area contributed by atoms with Gasteiger partial charge in [0.1, 0.15) is 5.82 Å². The normalized spacial score (nSPS) is 19.8. The van der Waals surface area contributed by atoms with Gasteiger partial charge in [-0.3, -0.25) is 0 Å². The first-order chi connectivity index (χ1) is 11.9. The van der Waals surface area contributed by atoms with Gasteiger partial charge in [0.25, 0.3) is 0 Å². The lowest BCUT2D eigenvalue weighted by atomic mass is 10.2. The highest BCUT2D eigenvalue weighted by Crippen LogP contribution is 2.18. The first-order valence-electron chi connectivity index (χ1n) is 8.63. The Kier molecular flexibility index (Phi) is 5.19. The van der Waals surface area contributed by atoms with E-state index in [-0.39, 0.29) is 17.7 Å². The molecule has 0 saturated carbocycles. The van der Waals surface area contributed by atoms with Crippen LogP contribution in [0.15, 0.2) is 24.4 Å². The second kappa shape index (κ2) is 7.21. The van der Waals surface area contributed by atoms with E-state index in [9.17, 15) is 8.42 Å². The molecule has 7 nitrogen and oxygen atoms in total. The zero-order valence-electron chi connectivity index (χ0n) is 15.0. The monoisotopic (exact) mass is 363 g/mol. The van der Waals surface area contributed by atoms with Crippen molar-refractivity contribution in [2.45, 2.75) is 38.6 Å². The Morgan fingerprint density at radius 2 is 2.16 bits per heavy atom. The van der Waals surface area contributed by atoms with Crippen LogP contribution in [0.3, 0.4) is 0 Å². The summed E-state index contributed by atoms with van der Waals surface area (Å²) in [6.45, 7) is 4.87. The average molecular weight is 363 g/mol. The summed E-state index contributed by atoms with van der Waals surface area (Å²) < 4.78 is 25.2. The minimum absolute atomic E-state index is 0.0980. The summed E-state index contributed by atoms with van der Waals surface area (Å²) in [5, 5.41) is 4.61. The van der Waals surface area contributed by atoms with Gasteiger partial charge in [0.05, 0.1) is 11.5 Å². The van der Waals surface area contributed by atoms with Gasteiger partial charge in [0, 0.05) is 31.1 Å². The van der Waals surface area contributed by atoms with Crippen LogP contribution in [0, 0.1) is 0 Å². The summed E-state index contributed by atoms with van der Waals surface area (Å²) in [5.41, 5.74) is 0. The zero-order chi connectivity index (χ0) is 18.0. The number of sulfone groups is 1. The van der Waals surface area contributed by atoms with Crippen molar-refractivity contribution in [2.75, 3.05) is 25.1 Å². The number of pyridine rings is 1. The third-order valence-corrected chi connectivity index (χ3v) is 6.34. The number of likely N-dealkylation sites (N-methyl/N-ethyl adjacent to an activating group) is 1. The summed E-state index contributed by atoms with van der Waals surface area (Å²) >= 11 is 0. The largest absolute Gasteiger partial charge is 0.302 e. The van der Waals surface area contributed by atoms with Crippen molar-refractivity contribution >= 4 is 9.84 Å². The second-order valence-electron chi connectivity index (χ2n) is 6.93. The van der Waals surface area contributed by atoms with Crippen LogP contribution >= 0.6 is 0 Å². The maximum Gasteiger partial charge on any atom is 0.155 e. The van der Waals surface area contributed by atoms with Crippen molar-refractivity contribution in [3.05, 3.63) is 36.0 Å². The molecule has 25 heavy (non-hydrogen) atoms. The van der Waals surface area contributed by atoms with Gasteiger partial charge in [-0.05, 0) is 25.6 Å². The molecule has 1 fully saturated rings. The van der Waals surface area contributed by atoms with E-state index in [4.69, 9.17) is 0 Å². The van der Waals surface area contributed by atoms with Crippen LogP contribution in [0.4, 0.5) is 0 Å². The molecule has 0 N–H and O–H groups in total. The van der Waals surface area contributed by atoms with Crippen molar-refractivity contribution in [3.63, 3.8) is 0 Å². The first kappa shape index (κ1) is 18.0. The number of hydrogen-bond donors (Lipinski definition) is 0. The molecule has 0 radical (unpaired) electrons. The van der Waals surface area contributed by atoms with Crippen LogP contribution in [-0.2, 0) is 16.3 Å². The Morgan fingerprint density at radius 1 is 1.36 bits per heavy atom. The summed E-state index contributed by atoms with van der Waals surface area (Å²) in [6, 6.07) is 5.81. The van der Waals surface area contributed by atoms with Crippen molar-refractivity contribution in [1.29, 1.82) is 0 Å². The van der Waals surface area contributed by atoms with E-state index in [1.165, 1.54) is 0 Å². The fourth-order valence-electron chi connectivity index (χ4n) is 3.01. The Morgan fingerprint density at radius 3 is 2.76 bits per heavy atom. The molecular formula is C17H25N5O2S. The predicted octanol–water partition coefficient (Wildman–Crippen LogP) is 1.45. The maximum atomic E-state index is 11.7. The molecule has 1 aliphatic heterocycles. The van der Waals surface area contributed by atoms with Gasteiger partial charge in [0.15, 0.2) is 21.5 Å². The fraction of sp³-hybridized carbons (Fsp3) is 0.588. The highest BCUT2D eigenvalue weighted by molar-refractivity contribution is 7.91. The molecule has 1 aliphatic rings. The molecule has 2 aromatic rings. The molecule has 3 heterocycles. The van der Waals surface area contributed by atoms with Crippen molar-refractivity contribution in [2.24, 2.45) is 0 Å². The molecule has 3 rings (SSSR count). The SMILES string of the molecule is CC(C)c1nc(CCN(C)[C@@H]2CCS(=O)(=O)C2)n(-c2ccccn2)n1. The number of aromatic nitrogens is 4. The van der Waals surface area contributed by atoms with Gasteiger partial charge in [0.2, 0.25) is 0 Å². The Bertz CT molecular complexity index is 817. The van der Waals surface area contributed by atoms with E-state index < -0.39 is 9.84 Å². The van der Waals surface area contributed by atoms with Crippen molar-refractivity contribution < 1.29 is 8.42 Å². The van der Waals surface area contributed by atoms with E-state index in [0.29, 0.717) is 18.6 Å². The maximum absolute atomic E-state index is 11.7. The van der Waals surface area contributed by atoms with E-state index >= 15 is 0 Å². The predicted molar refractivity (Wildman–Crippen MR) is 96.6 cm³/mol. The molecule has 8 heteroatoms. The van der Waals surface area contributed by atoms with Gasteiger partial charge >= 0.3 is 0 Å². The van der Waals surface area contributed by atoms with Crippen LogP contribution in [0.25, 0.3) is 5.82 Å². The van der Waals surface area contributed by atoms with Gasteiger partial charge in [-0.1, -0.05) is 19.9 Å². The third-order valence-electron chi connectivity index (χ3n) is 4.59. The molecule has 1 saturated heterocycles. The lowest BCUT2D eigenvalue weighted by molar-refractivity contribution is 0.263. The lowest BCUT2D eigenvalue weighted by Gasteiger charge is -2.22. The van der Waals surface area contributed by atoms with E-state index in [1.54, 1.807) is 10.9 Å². The first-order valence-corrected chi connectivity index (χ1v) is 10.5. The van der Waals surface area contributed by atoms with E-state index in [2.05, 4.69) is 33.8 Å². The molecule has 0 aliphatic carbocycles. The highest BCUT2D eigenvalue weighted by Gasteiger charge is 2.30. The number of nitrogens with zero attached hydrogens (tertiary/aromatic N) is 5. The van der Waals surface area contributed by atoms with E-state index in [0.717, 1.165) is 24.0 Å². The number of hydrogen-bond acceptors (Lipinski definition) is 6. The summed E-state index contributed by atoms with van der Waals surface area (Å²) in [7, 11) is -0.884. The second-order valence-corrected chi connectivity index (χ2v) is 9.16. The lowest BCUT2D eigenvalue weighted by Crippen LogP contribution is -2.34. The smallest absolute Gasteiger partial charge is 0.155 e. The quantitative estimate of drug-likeness (QED) is 0.773. The van der Waals surface area contributed by atoms with Gasteiger partial charge in [-0.25, -0.2) is 18.4 Å². The molecular weight excluding hydrogens is 338 g/mol. The number of rotatable bonds is 6. The third kappa shape index (κ3) is 4.24. The van der Waals surface area contributed by atoms with Gasteiger partial charge in [-0.15, -0.1) is 5.10 Å². The molecule has 0 amide bonds. The van der Waals surface area contributed by atoms with Gasteiger partial charge < -0.3 is 4.90 Å². The Labute approximate surface area is 149 Å². The fourth-order valence-corrected chi connectivity index (χ4v) is 4.82. The Hall–Kier alpha value is -1.80. The van der Waals surface area contributed by atoms with Crippen LogP contribution in [0.5, 0.6) is 0 Å². The summed E-state index contributed by atoms with van der Waals surface area (Å²) in [6.07, 6.45) is 3.15. The van der Waals surface area contributed by atoms with Crippen LogP contribution < -0.4 is 0 Å². The summed E-state index contributed by atoms with van der Waals surface area (Å²) in [4.78, 5) is 11.2. The average Bonchev–Trinajstić information content (AvgIpc) is 3.17. The van der Waals surface area contributed by atoms with E-state index in [1.807, 2.05) is 25.2 Å². The standard InChI is InChI=1S/C17H25N5O2S/c1-13(2)17-19-16(22(20-17)15-6-4-5-9-18-15)7-10-21(3)14-8-11-25(23,24)12-14/h4-6,9,13-14H,7-8,10-12H2,1-3H3/t14-/m1/s1. The van der Waals surface area contributed by atoms with Gasteiger partial charge in [-0.2, -0.15) is 4.68 Å². The Balaban J connectivity index is 1.75. The van der Waals surface area contributed by atoms with Crippen LogP contribution in [0.1, 0.15) is 37.8 Å². The zero-order valence-corrected chi connectivity index (χ0v) is 15.8. The van der Waals surface area contributed by atoms with Crippen molar-refractivity contribution in [1.82, 2.24) is 24.6 Å². The molecule has 0 aromatic carbocycles. The minimum Gasteiger partial charge on any atom is -0.302 e. The minimum atomic E-state index is -2.87. The van der Waals surface area contributed by atoms with Crippen LogP contribution in [-0.4, -0.2) is 64.2 Å². The van der Waals surface area contributed by atoms with Crippen molar-refractivity contribution in [3.8, 4) is 5.82 Å². The highest BCUT2D eigenvalue weighted by atomic mass is 32.2. The summed E-state index contributed by atoms with van der Waals surface area (Å²) in [5.74, 6) is 3.20. The molecule has 1 atom stereocenters. The topological polar surface area (TPSA) is 81.0 Å². The van der Waals surface area contributed by atoms with Crippen LogP contribution in [0.2, 0.25) is 0 Å². The molecule has 136 valence electrons. The molecule has 0 spiro atoms.